The highest BCUT2D eigenvalue weighted by Crippen LogP contribution is 2.04. The van der Waals surface area contributed by atoms with Gasteiger partial charge in [0.1, 0.15) is 18.1 Å². The van der Waals surface area contributed by atoms with Gasteiger partial charge in [-0.25, -0.2) is 4.79 Å². The Balaban J connectivity index is 5.36. The van der Waals surface area contributed by atoms with E-state index in [0.29, 0.717) is 0 Å². The van der Waals surface area contributed by atoms with E-state index in [1.165, 1.54) is 0 Å². The zero-order chi connectivity index (χ0) is 25.7. The standard InChI is InChI=1S/C17H26N4O11S/c18-7(5-13(26)27)14(28)21-10(6-33)16(30)19-8(1-3-11(22)23)15(29)20-9(17(31)32)2-4-12(24)25/h7-10,33H,1-6,18H2,(H,19,30)(H,20,29)(H,21,28)(H,22,23)(H,24,25)(H,26,27)(H,31,32). The minimum atomic E-state index is -1.62. The summed E-state index contributed by atoms with van der Waals surface area (Å²) in [5, 5.41) is 41.7. The van der Waals surface area contributed by atoms with Crippen LogP contribution in [0.15, 0.2) is 0 Å². The van der Waals surface area contributed by atoms with Gasteiger partial charge in [-0.2, -0.15) is 12.6 Å². The summed E-state index contributed by atoms with van der Waals surface area (Å²) in [5.74, 6) is -8.90. The topological polar surface area (TPSA) is 263 Å². The lowest BCUT2D eigenvalue weighted by atomic mass is 10.1. The van der Waals surface area contributed by atoms with Gasteiger partial charge in [0.2, 0.25) is 17.7 Å². The van der Waals surface area contributed by atoms with Crippen molar-refractivity contribution in [1.82, 2.24) is 16.0 Å². The van der Waals surface area contributed by atoms with Crippen LogP contribution in [0.1, 0.15) is 32.1 Å². The molecule has 3 amide bonds. The maximum absolute atomic E-state index is 12.5. The summed E-state index contributed by atoms with van der Waals surface area (Å²) in [7, 11) is 0. The Labute approximate surface area is 192 Å². The molecule has 0 heterocycles. The third-order valence-corrected chi connectivity index (χ3v) is 4.45. The number of thiol groups is 1. The maximum Gasteiger partial charge on any atom is 0.326 e. The monoisotopic (exact) mass is 494 g/mol. The van der Waals surface area contributed by atoms with Crippen molar-refractivity contribution in [3.8, 4) is 0 Å². The van der Waals surface area contributed by atoms with Crippen LogP contribution in [0, 0.1) is 0 Å². The zero-order valence-electron chi connectivity index (χ0n) is 17.2. The first kappa shape index (κ1) is 29.6. The molecule has 0 saturated heterocycles. The van der Waals surface area contributed by atoms with E-state index in [9.17, 15) is 33.6 Å². The molecule has 4 unspecified atom stereocenters. The summed E-state index contributed by atoms with van der Waals surface area (Å²) in [5.41, 5.74) is 5.41. The van der Waals surface area contributed by atoms with E-state index in [-0.39, 0.29) is 5.75 Å². The van der Waals surface area contributed by atoms with Crippen molar-refractivity contribution in [3.63, 3.8) is 0 Å². The summed E-state index contributed by atoms with van der Waals surface area (Å²) in [6.45, 7) is 0. The Bertz CT molecular complexity index is 776. The third-order valence-electron chi connectivity index (χ3n) is 4.09. The van der Waals surface area contributed by atoms with Gasteiger partial charge in [-0.05, 0) is 12.8 Å². The number of nitrogens with two attached hydrogens (primary N) is 1. The third kappa shape index (κ3) is 12.3. The first-order chi connectivity index (χ1) is 15.3. The van der Waals surface area contributed by atoms with Crippen LogP contribution < -0.4 is 21.7 Å². The molecule has 0 aromatic heterocycles. The fraction of sp³-hybridized carbons (Fsp3) is 0.588. The predicted molar refractivity (Wildman–Crippen MR) is 111 cm³/mol. The number of hydrogen-bond donors (Lipinski definition) is 9. The fourth-order valence-corrected chi connectivity index (χ4v) is 2.62. The van der Waals surface area contributed by atoms with Crippen LogP contribution in [0.5, 0.6) is 0 Å². The van der Waals surface area contributed by atoms with E-state index in [1.807, 2.05) is 5.32 Å². The molecule has 4 atom stereocenters. The van der Waals surface area contributed by atoms with Crippen LogP contribution in [0.4, 0.5) is 0 Å². The quantitative estimate of drug-likeness (QED) is 0.0971. The average Bonchev–Trinajstić information content (AvgIpc) is 2.70. The SMILES string of the molecule is NC(CC(=O)O)C(=O)NC(CS)C(=O)NC(CCC(=O)O)C(=O)NC(CCC(=O)O)C(=O)O. The van der Waals surface area contributed by atoms with Gasteiger partial charge in [0.15, 0.2) is 0 Å². The van der Waals surface area contributed by atoms with Crippen LogP contribution in [-0.2, 0) is 33.6 Å². The van der Waals surface area contributed by atoms with Crippen LogP contribution >= 0.6 is 12.6 Å². The smallest absolute Gasteiger partial charge is 0.326 e. The Hall–Kier alpha value is -3.40. The number of carbonyl (C=O) groups excluding carboxylic acids is 3. The van der Waals surface area contributed by atoms with Crippen LogP contribution in [0.25, 0.3) is 0 Å². The molecule has 0 aliphatic heterocycles. The van der Waals surface area contributed by atoms with Gasteiger partial charge in [-0.1, -0.05) is 0 Å². The molecule has 0 bridgehead atoms. The fourth-order valence-electron chi connectivity index (χ4n) is 2.36. The second-order valence-corrected chi connectivity index (χ2v) is 7.14. The van der Waals surface area contributed by atoms with E-state index >= 15 is 0 Å². The second kappa shape index (κ2) is 14.6. The molecule has 9 N–H and O–H groups in total. The number of rotatable bonds is 16. The Morgan fingerprint density at radius 2 is 1.09 bits per heavy atom. The van der Waals surface area contributed by atoms with Gasteiger partial charge >= 0.3 is 23.9 Å². The lowest BCUT2D eigenvalue weighted by Crippen LogP contribution is -2.57. The minimum Gasteiger partial charge on any atom is -0.481 e. The van der Waals surface area contributed by atoms with Gasteiger partial charge in [-0.3, -0.25) is 28.8 Å². The van der Waals surface area contributed by atoms with E-state index in [1.54, 1.807) is 0 Å². The molecule has 0 aromatic rings. The highest BCUT2D eigenvalue weighted by molar-refractivity contribution is 7.80. The lowest BCUT2D eigenvalue weighted by Gasteiger charge is -2.24. The van der Waals surface area contributed by atoms with Crippen LogP contribution in [0.3, 0.4) is 0 Å². The number of carboxylic acids is 4. The summed E-state index contributed by atoms with van der Waals surface area (Å²) < 4.78 is 0. The molecule has 0 aliphatic rings. The highest BCUT2D eigenvalue weighted by Gasteiger charge is 2.30. The number of amides is 3. The molecule has 0 radical (unpaired) electrons. The van der Waals surface area contributed by atoms with E-state index in [0.717, 1.165) is 0 Å². The molecule has 0 aliphatic carbocycles. The lowest BCUT2D eigenvalue weighted by molar-refractivity contribution is -0.144. The van der Waals surface area contributed by atoms with Gasteiger partial charge in [0.05, 0.1) is 12.5 Å². The highest BCUT2D eigenvalue weighted by atomic mass is 32.1. The van der Waals surface area contributed by atoms with Crippen molar-refractivity contribution in [2.24, 2.45) is 5.73 Å². The number of aliphatic carboxylic acids is 4. The molecule has 186 valence electrons. The van der Waals surface area contributed by atoms with Gasteiger partial charge in [0, 0.05) is 18.6 Å². The molecule has 0 aromatic carbocycles. The van der Waals surface area contributed by atoms with E-state index in [2.05, 4.69) is 23.3 Å². The molecule has 16 heteroatoms. The molecule has 0 spiro atoms. The second-order valence-electron chi connectivity index (χ2n) is 6.77. The van der Waals surface area contributed by atoms with Crippen molar-refractivity contribution in [2.45, 2.75) is 56.3 Å². The van der Waals surface area contributed by atoms with Crippen molar-refractivity contribution >= 4 is 54.2 Å². The van der Waals surface area contributed by atoms with E-state index in [4.69, 9.17) is 26.2 Å². The van der Waals surface area contributed by atoms with Crippen molar-refractivity contribution in [2.75, 3.05) is 5.75 Å². The van der Waals surface area contributed by atoms with Gasteiger partial charge < -0.3 is 42.1 Å². The average molecular weight is 494 g/mol. The normalized spacial score (nSPS) is 14.1. The maximum atomic E-state index is 12.5. The van der Waals surface area contributed by atoms with E-state index < -0.39 is 97.9 Å². The number of carboxylic acid groups (broad SMARTS) is 4. The predicted octanol–water partition coefficient (Wildman–Crippen LogP) is -3.01. The number of carbonyl (C=O) groups is 7. The van der Waals surface area contributed by atoms with Crippen molar-refractivity contribution < 1.29 is 54.0 Å². The molecule has 0 saturated carbocycles. The Morgan fingerprint density at radius 1 is 0.667 bits per heavy atom. The minimum absolute atomic E-state index is 0.305. The molecular formula is C17H26N4O11S. The number of nitrogens with one attached hydrogen (secondary N) is 3. The Morgan fingerprint density at radius 3 is 1.52 bits per heavy atom. The zero-order valence-corrected chi connectivity index (χ0v) is 18.1. The summed E-state index contributed by atoms with van der Waals surface area (Å²) in [6, 6.07) is -6.03. The first-order valence-electron chi connectivity index (χ1n) is 9.44. The molecule has 33 heavy (non-hydrogen) atoms. The summed E-state index contributed by atoms with van der Waals surface area (Å²) in [6.07, 6.45) is -2.81. The summed E-state index contributed by atoms with van der Waals surface area (Å²) >= 11 is 3.90. The Kier molecular flexibility index (Phi) is 13.1. The van der Waals surface area contributed by atoms with Crippen molar-refractivity contribution in [1.29, 1.82) is 0 Å². The summed E-state index contributed by atoms with van der Waals surface area (Å²) in [4.78, 5) is 80.4. The first-order valence-corrected chi connectivity index (χ1v) is 10.1. The molecule has 0 rings (SSSR count). The largest absolute Gasteiger partial charge is 0.481 e. The van der Waals surface area contributed by atoms with Gasteiger partial charge in [-0.15, -0.1) is 0 Å². The van der Waals surface area contributed by atoms with Crippen LogP contribution in [-0.4, -0.2) is 91.9 Å². The van der Waals surface area contributed by atoms with Crippen LogP contribution in [0.2, 0.25) is 0 Å². The molecular weight excluding hydrogens is 468 g/mol. The number of hydrogen-bond acceptors (Lipinski definition) is 9. The molecule has 15 nitrogen and oxygen atoms in total. The molecule has 0 fully saturated rings. The van der Waals surface area contributed by atoms with Crippen molar-refractivity contribution in [3.05, 3.63) is 0 Å². The van der Waals surface area contributed by atoms with Gasteiger partial charge in [0.25, 0.3) is 0 Å².